The van der Waals surface area contributed by atoms with E-state index in [2.05, 4.69) is 0 Å². The molecule has 3 aromatic carbocycles. The van der Waals surface area contributed by atoms with Gasteiger partial charge in [0, 0.05) is 19.3 Å². The summed E-state index contributed by atoms with van der Waals surface area (Å²) in [6.45, 7) is 7.51. The second-order valence-corrected chi connectivity index (χ2v) is 12.6. The van der Waals surface area contributed by atoms with Gasteiger partial charge in [0.2, 0.25) is 7.37 Å². The number of aromatic hydroxyl groups is 1. The van der Waals surface area contributed by atoms with E-state index >= 15 is 0 Å². The Bertz CT molecular complexity index is 1250. The fraction of sp³-hybridized carbons (Fsp3) is 0.357. The van der Waals surface area contributed by atoms with Crippen LogP contribution in [0.1, 0.15) is 49.7 Å². The summed E-state index contributed by atoms with van der Waals surface area (Å²) in [5.74, 6) is 0.0214. The molecule has 36 heavy (non-hydrogen) atoms. The van der Waals surface area contributed by atoms with Crippen molar-refractivity contribution in [2.75, 3.05) is 19.9 Å². The predicted molar refractivity (Wildman–Crippen MR) is 139 cm³/mol. The number of halogens is 1. The van der Waals surface area contributed by atoms with Gasteiger partial charge in [-0.25, -0.2) is 4.39 Å². The molecule has 3 atom stereocenters. The number of hydrogen-bond acceptors (Lipinski definition) is 5. The summed E-state index contributed by atoms with van der Waals surface area (Å²) in [6.07, 6.45) is -1.68. The highest BCUT2D eigenvalue weighted by atomic mass is 31.2. The highest BCUT2D eigenvalue weighted by molar-refractivity contribution is 7.57. The maximum Gasteiger partial charge on any atom is 0.200 e. The number of phenols is 1. The minimum absolute atomic E-state index is 0.0304. The quantitative estimate of drug-likeness (QED) is 0.283. The first-order valence-electron chi connectivity index (χ1n) is 11.6. The fourth-order valence-electron chi connectivity index (χ4n) is 4.24. The van der Waals surface area contributed by atoms with Crippen molar-refractivity contribution in [2.24, 2.45) is 5.41 Å². The van der Waals surface area contributed by atoms with Crippen LogP contribution in [0, 0.1) is 11.2 Å². The summed E-state index contributed by atoms with van der Waals surface area (Å²) in [5, 5.41) is 20.3. The van der Waals surface area contributed by atoms with E-state index in [-0.39, 0.29) is 35.6 Å². The van der Waals surface area contributed by atoms with Crippen LogP contribution in [0.3, 0.4) is 0 Å². The third kappa shape index (κ3) is 7.17. The molecule has 0 amide bonds. The number of phenolic OH excluding ortho intramolecular Hbond substituents is 1. The number of aliphatic hydroxyl groups excluding tert-OH is 1. The molecule has 3 N–H and O–H groups in total. The average molecular weight is 517 g/mol. The summed E-state index contributed by atoms with van der Waals surface area (Å²) in [5.41, 5.74) is 2.67. The molecule has 0 spiro atoms. The Morgan fingerprint density at radius 2 is 1.75 bits per heavy atom. The topological polar surface area (TPSA) is 96.2 Å². The molecule has 194 valence electrons. The van der Waals surface area contributed by atoms with E-state index in [0.29, 0.717) is 16.9 Å². The van der Waals surface area contributed by atoms with Crippen LogP contribution < -0.4 is 4.74 Å². The number of methoxy groups -OCH3 is 1. The molecule has 1 unspecified atom stereocenters. The van der Waals surface area contributed by atoms with Gasteiger partial charge in [0.05, 0.1) is 18.4 Å². The van der Waals surface area contributed by atoms with E-state index in [9.17, 15) is 24.1 Å². The molecule has 0 aromatic heterocycles. The van der Waals surface area contributed by atoms with Gasteiger partial charge in [0.25, 0.3) is 0 Å². The van der Waals surface area contributed by atoms with E-state index in [4.69, 9.17) is 9.47 Å². The highest BCUT2D eigenvalue weighted by Gasteiger charge is 2.29. The van der Waals surface area contributed by atoms with E-state index in [1.807, 2.05) is 32.9 Å². The number of rotatable bonds is 9. The van der Waals surface area contributed by atoms with Gasteiger partial charge in [0.15, 0.2) is 0 Å². The van der Waals surface area contributed by atoms with Gasteiger partial charge in [-0.1, -0.05) is 45.0 Å². The molecule has 8 heteroatoms. The number of ether oxygens (including phenoxy) is 2. The van der Waals surface area contributed by atoms with Crippen LogP contribution >= 0.6 is 7.37 Å². The average Bonchev–Trinajstić information content (AvgIpc) is 2.78. The normalized spacial score (nSPS) is 15.2. The third-order valence-corrected chi connectivity index (χ3v) is 6.84. The van der Waals surface area contributed by atoms with Crippen molar-refractivity contribution in [1.82, 2.24) is 0 Å². The van der Waals surface area contributed by atoms with Crippen molar-refractivity contribution in [3.05, 3.63) is 83.2 Å². The summed E-state index contributed by atoms with van der Waals surface area (Å²) in [6, 6.07) is 16.3. The van der Waals surface area contributed by atoms with E-state index in [1.165, 1.54) is 24.9 Å². The van der Waals surface area contributed by atoms with Crippen LogP contribution in [-0.4, -0.2) is 35.0 Å². The molecular weight excluding hydrogens is 482 g/mol. The van der Waals surface area contributed by atoms with E-state index in [0.717, 1.165) is 11.1 Å². The molecule has 0 saturated carbocycles. The van der Waals surface area contributed by atoms with Gasteiger partial charge in [-0.05, 0) is 64.1 Å². The summed E-state index contributed by atoms with van der Waals surface area (Å²) >= 11 is 0. The van der Waals surface area contributed by atoms with Crippen LogP contribution in [0.15, 0.2) is 60.7 Å². The van der Waals surface area contributed by atoms with E-state index < -0.39 is 19.3 Å². The molecule has 0 bridgehead atoms. The van der Waals surface area contributed by atoms with E-state index in [1.54, 1.807) is 37.4 Å². The molecule has 0 radical (unpaired) electrons. The largest absolute Gasteiger partial charge is 0.508 e. The van der Waals surface area contributed by atoms with Crippen LogP contribution in [0.2, 0.25) is 0 Å². The number of hydrogen-bond donors (Lipinski definition) is 3. The monoisotopic (exact) mass is 516 g/mol. The van der Waals surface area contributed by atoms with Crippen molar-refractivity contribution < 1.29 is 33.5 Å². The first-order valence-corrected chi connectivity index (χ1v) is 13.9. The predicted octanol–water partition coefficient (Wildman–Crippen LogP) is 6.44. The Labute approximate surface area is 211 Å². The Balaban J connectivity index is 1.93. The molecule has 3 aromatic rings. The zero-order valence-electron chi connectivity index (χ0n) is 21.2. The molecule has 6 nitrogen and oxygen atoms in total. The molecule has 0 heterocycles. The molecular formula is C28H34FO6P. The van der Waals surface area contributed by atoms with Gasteiger partial charge in [0.1, 0.15) is 23.9 Å². The molecule has 0 aliphatic rings. The van der Waals surface area contributed by atoms with Gasteiger partial charge < -0.3 is 24.6 Å². The molecule has 0 fully saturated rings. The summed E-state index contributed by atoms with van der Waals surface area (Å²) in [7, 11) is -1.77. The Hall–Kier alpha value is -2.70. The third-order valence-electron chi connectivity index (χ3n) is 5.82. The second-order valence-electron chi connectivity index (χ2n) is 10.2. The SMILES string of the molecule is CO[C@H](c1cc(COc2cccc([C@H](O)CP(C)(=O)O)c2)ccc1-c1cc(O)ccc1F)C(C)(C)C. The lowest BCUT2D eigenvalue weighted by Gasteiger charge is -2.32. The summed E-state index contributed by atoms with van der Waals surface area (Å²) in [4.78, 5) is 9.57. The van der Waals surface area contributed by atoms with Gasteiger partial charge in [-0.2, -0.15) is 0 Å². The smallest absolute Gasteiger partial charge is 0.200 e. The zero-order chi connectivity index (χ0) is 26.7. The van der Waals surface area contributed by atoms with Gasteiger partial charge in [-0.15, -0.1) is 0 Å². The van der Waals surface area contributed by atoms with Crippen molar-refractivity contribution >= 4 is 7.37 Å². The molecule has 0 aliphatic heterocycles. The van der Waals surface area contributed by atoms with Crippen molar-refractivity contribution in [3.63, 3.8) is 0 Å². The fourth-order valence-corrected chi connectivity index (χ4v) is 5.09. The Morgan fingerprint density at radius 1 is 1.03 bits per heavy atom. The number of aliphatic hydroxyl groups is 1. The Kier molecular flexibility index (Phi) is 8.63. The lowest BCUT2D eigenvalue weighted by molar-refractivity contribution is 0.0155. The van der Waals surface area contributed by atoms with Crippen molar-refractivity contribution in [3.8, 4) is 22.6 Å². The molecule has 0 aliphatic carbocycles. The first kappa shape index (κ1) is 27.9. The van der Waals surface area contributed by atoms with Crippen molar-refractivity contribution in [2.45, 2.75) is 39.6 Å². The zero-order valence-corrected chi connectivity index (χ0v) is 22.1. The lowest BCUT2D eigenvalue weighted by Crippen LogP contribution is -2.21. The standard InChI is InChI=1S/C28H34FO6P/c1-28(2,3)27(34-4)24-13-18(9-11-22(24)23-15-20(30)10-12-25(23)29)16-35-21-8-6-7-19(14-21)26(31)17-36(5,32)33/h6-15,26-27,30-31H,16-17H2,1-5H3,(H,32,33)/t26-,27-/m1/s1. The lowest BCUT2D eigenvalue weighted by atomic mass is 9.81. The minimum atomic E-state index is -3.38. The Morgan fingerprint density at radius 3 is 2.39 bits per heavy atom. The van der Waals surface area contributed by atoms with Crippen LogP contribution in [0.4, 0.5) is 4.39 Å². The maximum atomic E-state index is 14.7. The second kappa shape index (κ2) is 11.1. The van der Waals surface area contributed by atoms with Gasteiger partial charge >= 0.3 is 0 Å². The first-order chi connectivity index (χ1) is 16.8. The molecule has 0 saturated heterocycles. The van der Waals surface area contributed by atoms with Crippen LogP contribution in [0.25, 0.3) is 11.1 Å². The van der Waals surface area contributed by atoms with Crippen LogP contribution in [0.5, 0.6) is 11.5 Å². The van der Waals surface area contributed by atoms with Gasteiger partial charge in [-0.3, -0.25) is 4.57 Å². The summed E-state index contributed by atoms with van der Waals surface area (Å²) < 4.78 is 38.2. The number of benzene rings is 3. The molecule has 3 rings (SSSR count). The van der Waals surface area contributed by atoms with Crippen LogP contribution in [-0.2, 0) is 15.9 Å². The van der Waals surface area contributed by atoms with Crippen molar-refractivity contribution in [1.29, 1.82) is 0 Å². The maximum absolute atomic E-state index is 14.7. The minimum Gasteiger partial charge on any atom is -0.508 e. The highest BCUT2D eigenvalue weighted by Crippen LogP contribution is 2.42.